The van der Waals surface area contributed by atoms with Gasteiger partial charge in [-0.2, -0.15) is 0 Å². The lowest BCUT2D eigenvalue weighted by atomic mass is 10.1. The van der Waals surface area contributed by atoms with Crippen LogP contribution >= 0.6 is 0 Å². The van der Waals surface area contributed by atoms with E-state index in [9.17, 15) is 9.59 Å². The fraction of sp³-hybridized carbons (Fsp3) is 0.364. The number of hydrogen-bond acceptors (Lipinski definition) is 3. The predicted octanol–water partition coefficient (Wildman–Crippen LogP) is 3.06. The fourth-order valence-corrected chi connectivity index (χ4v) is 3.24. The van der Waals surface area contributed by atoms with Crippen LogP contribution in [0.4, 0.5) is 4.79 Å². The third kappa shape index (κ3) is 5.03. The van der Waals surface area contributed by atoms with Gasteiger partial charge >= 0.3 is 6.03 Å². The number of aryl methyl sites for hydroxylation is 1. The summed E-state index contributed by atoms with van der Waals surface area (Å²) in [7, 11) is 1.60. The van der Waals surface area contributed by atoms with Gasteiger partial charge in [-0.25, -0.2) is 4.79 Å². The smallest absolute Gasteiger partial charge is 0.317 e. The lowest BCUT2D eigenvalue weighted by Gasteiger charge is -2.22. The molecule has 1 fully saturated rings. The number of benzene rings is 2. The molecular formula is C22H27N3O3. The second kappa shape index (κ2) is 9.26. The standard InChI is InChI=1S/C22H27N3O3/c1-17-4-6-18(7-5-17)16-23-22(27)25-13-3-12-24(14-15-25)21(26)19-8-10-20(28-2)11-9-19/h4-11H,3,12-16H2,1-2H3,(H,23,27). The minimum Gasteiger partial charge on any atom is -0.497 e. The normalized spacial score (nSPS) is 14.4. The number of ether oxygens (including phenoxy) is 1. The van der Waals surface area contributed by atoms with Gasteiger partial charge in [-0.3, -0.25) is 4.79 Å². The zero-order valence-corrected chi connectivity index (χ0v) is 16.5. The maximum absolute atomic E-state index is 12.7. The van der Waals surface area contributed by atoms with E-state index in [2.05, 4.69) is 5.32 Å². The quantitative estimate of drug-likeness (QED) is 0.885. The van der Waals surface area contributed by atoms with Crippen molar-refractivity contribution in [1.82, 2.24) is 15.1 Å². The molecule has 0 radical (unpaired) electrons. The second-order valence-corrected chi connectivity index (χ2v) is 7.01. The SMILES string of the molecule is COc1ccc(C(=O)N2CCCN(C(=O)NCc3ccc(C)cc3)CC2)cc1. The van der Waals surface area contributed by atoms with E-state index in [1.807, 2.05) is 36.1 Å². The van der Waals surface area contributed by atoms with E-state index in [4.69, 9.17) is 4.74 Å². The van der Waals surface area contributed by atoms with Crippen molar-refractivity contribution < 1.29 is 14.3 Å². The van der Waals surface area contributed by atoms with Crippen LogP contribution in [0.1, 0.15) is 27.9 Å². The van der Waals surface area contributed by atoms with Crippen molar-refractivity contribution in [3.05, 3.63) is 65.2 Å². The van der Waals surface area contributed by atoms with Crippen LogP contribution < -0.4 is 10.1 Å². The number of urea groups is 1. The number of amides is 3. The summed E-state index contributed by atoms with van der Waals surface area (Å²) in [6, 6.07) is 15.2. The molecule has 148 valence electrons. The van der Waals surface area contributed by atoms with Gasteiger partial charge in [0.05, 0.1) is 7.11 Å². The molecule has 3 rings (SSSR count). The average molecular weight is 381 g/mol. The molecule has 3 amide bonds. The van der Waals surface area contributed by atoms with E-state index in [0.29, 0.717) is 38.3 Å². The number of methoxy groups -OCH3 is 1. The second-order valence-electron chi connectivity index (χ2n) is 7.01. The van der Waals surface area contributed by atoms with Crippen LogP contribution in [-0.2, 0) is 6.54 Å². The van der Waals surface area contributed by atoms with Gasteiger partial charge in [-0.05, 0) is 43.2 Å². The minimum atomic E-state index is -0.0840. The summed E-state index contributed by atoms with van der Waals surface area (Å²) in [4.78, 5) is 28.8. The molecule has 0 aliphatic carbocycles. The molecule has 1 saturated heterocycles. The van der Waals surface area contributed by atoms with Crippen molar-refractivity contribution in [1.29, 1.82) is 0 Å². The third-order valence-electron chi connectivity index (χ3n) is 4.97. The van der Waals surface area contributed by atoms with Gasteiger partial charge < -0.3 is 19.9 Å². The molecule has 0 spiro atoms. The number of rotatable bonds is 4. The largest absolute Gasteiger partial charge is 0.497 e. The van der Waals surface area contributed by atoms with Crippen molar-refractivity contribution in [2.24, 2.45) is 0 Å². The lowest BCUT2D eigenvalue weighted by molar-refractivity contribution is 0.0762. The number of nitrogens with zero attached hydrogens (tertiary/aromatic N) is 2. The lowest BCUT2D eigenvalue weighted by Crippen LogP contribution is -2.42. The monoisotopic (exact) mass is 381 g/mol. The van der Waals surface area contributed by atoms with Gasteiger partial charge in [-0.15, -0.1) is 0 Å². The first-order chi connectivity index (χ1) is 13.6. The zero-order chi connectivity index (χ0) is 19.9. The Morgan fingerprint density at radius 1 is 0.929 bits per heavy atom. The van der Waals surface area contributed by atoms with Crippen LogP contribution in [0.2, 0.25) is 0 Å². The molecule has 0 bridgehead atoms. The Morgan fingerprint density at radius 3 is 2.25 bits per heavy atom. The number of carbonyl (C=O) groups is 2. The van der Waals surface area contributed by atoms with Crippen LogP contribution in [-0.4, -0.2) is 55.0 Å². The topological polar surface area (TPSA) is 61.9 Å². The van der Waals surface area contributed by atoms with Crippen LogP contribution in [0.15, 0.2) is 48.5 Å². The highest BCUT2D eigenvalue weighted by Gasteiger charge is 2.22. The third-order valence-corrected chi connectivity index (χ3v) is 4.97. The van der Waals surface area contributed by atoms with Crippen molar-refractivity contribution in [2.45, 2.75) is 19.9 Å². The van der Waals surface area contributed by atoms with E-state index < -0.39 is 0 Å². The van der Waals surface area contributed by atoms with E-state index in [0.717, 1.165) is 17.7 Å². The molecule has 0 saturated carbocycles. The molecule has 28 heavy (non-hydrogen) atoms. The Balaban J connectivity index is 1.52. The summed E-state index contributed by atoms with van der Waals surface area (Å²) >= 11 is 0. The molecule has 0 atom stereocenters. The van der Waals surface area contributed by atoms with E-state index in [1.165, 1.54) is 5.56 Å². The highest BCUT2D eigenvalue weighted by atomic mass is 16.5. The summed E-state index contributed by atoms with van der Waals surface area (Å²) in [5, 5.41) is 2.97. The Bertz CT molecular complexity index is 803. The van der Waals surface area contributed by atoms with E-state index in [1.54, 1.807) is 36.3 Å². The molecule has 0 aromatic heterocycles. The van der Waals surface area contributed by atoms with Gasteiger partial charge in [0.25, 0.3) is 5.91 Å². The van der Waals surface area contributed by atoms with Crippen molar-refractivity contribution in [2.75, 3.05) is 33.3 Å². The maximum Gasteiger partial charge on any atom is 0.317 e. The van der Waals surface area contributed by atoms with Crippen molar-refractivity contribution >= 4 is 11.9 Å². The first kappa shape index (κ1) is 19.7. The summed E-state index contributed by atoms with van der Waals surface area (Å²) in [6.45, 7) is 4.89. The summed E-state index contributed by atoms with van der Waals surface area (Å²) < 4.78 is 5.14. The Labute approximate surface area is 166 Å². The zero-order valence-electron chi connectivity index (χ0n) is 16.5. The van der Waals surface area contributed by atoms with Gasteiger partial charge in [0.1, 0.15) is 5.75 Å². The first-order valence-electron chi connectivity index (χ1n) is 9.58. The highest BCUT2D eigenvalue weighted by Crippen LogP contribution is 2.14. The maximum atomic E-state index is 12.7. The molecule has 1 aliphatic rings. The minimum absolute atomic E-state index is 0.00966. The number of nitrogens with one attached hydrogen (secondary N) is 1. The molecule has 1 heterocycles. The van der Waals surface area contributed by atoms with Gasteiger partial charge in [0.15, 0.2) is 0 Å². The first-order valence-corrected chi connectivity index (χ1v) is 9.58. The van der Waals surface area contributed by atoms with Gasteiger partial charge in [0, 0.05) is 38.3 Å². The molecule has 6 heteroatoms. The molecular weight excluding hydrogens is 354 g/mol. The van der Waals surface area contributed by atoms with E-state index in [-0.39, 0.29) is 11.9 Å². The molecule has 0 unspecified atom stereocenters. The Morgan fingerprint density at radius 2 is 1.57 bits per heavy atom. The molecule has 1 N–H and O–H groups in total. The van der Waals surface area contributed by atoms with Crippen LogP contribution in [0.3, 0.4) is 0 Å². The van der Waals surface area contributed by atoms with Gasteiger partial charge in [-0.1, -0.05) is 29.8 Å². The van der Waals surface area contributed by atoms with Crippen molar-refractivity contribution in [3.8, 4) is 5.75 Å². The summed E-state index contributed by atoms with van der Waals surface area (Å²) in [5.74, 6) is 0.716. The average Bonchev–Trinajstić information content (AvgIpc) is 2.99. The highest BCUT2D eigenvalue weighted by molar-refractivity contribution is 5.94. The number of hydrogen-bond donors (Lipinski definition) is 1. The number of carbonyl (C=O) groups excluding carboxylic acids is 2. The molecule has 2 aromatic carbocycles. The Hall–Kier alpha value is -3.02. The Kier molecular flexibility index (Phi) is 6.53. The van der Waals surface area contributed by atoms with Crippen LogP contribution in [0.5, 0.6) is 5.75 Å². The molecule has 6 nitrogen and oxygen atoms in total. The predicted molar refractivity (Wildman–Crippen MR) is 109 cm³/mol. The fourth-order valence-electron chi connectivity index (χ4n) is 3.24. The molecule has 1 aliphatic heterocycles. The molecule has 2 aromatic rings. The van der Waals surface area contributed by atoms with Crippen LogP contribution in [0, 0.1) is 6.92 Å². The van der Waals surface area contributed by atoms with E-state index >= 15 is 0 Å². The van der Waals surface area contributed by atoms with Crippen molar-refractivity contribution in [3.63, 3.8) is 0 Å². The van der Waals surface area contributed by atoms with Crippen LogP contribution in [0.25, 0.3) is 0 Å². The van der Waals surface area contributed by atoms with Gasteiger partial charge in [0.2, 0.25) is 0 Å². The summed E-state index contributed by atoms with van der Waals surface area (Å²) in [5.41, 5.74) is 2.91. The summed E-state index contributed by atoms with van der Waals surface area (Å²) in [6.07, 6.45) is 0.764.